The van der Waals surface area contributed by atoms with E-state index in [2.05, 4.69) is 24.1 Å². The number of carbonyl (C=O) groups is 1. The molecule has 1 aliphatic heterocycles. The van der Waals surface area contributed by atoms with Crippen LogP contribution in [0.4, 0.5) is 0 Å². The molecule has 0 N–H and O–H groups in total. The molecule has 2 rings (SSSR count). The second-order valence-corrected chi connectivity index (χ2v) is 6.12. The third-order valence-electron chi connectivity index (χ3n) is 3.22. The van der Waals surface area contributed by atoms with Crippen LogP contribution in [0, 0.1) is 0 Å². The minimum atomic E-state index is -0.00388. The molecule has 1 fully saturated rings. The maximum absolute atomic E-state index is 12.3. The van der Waals surface area contributed by atoms with Crippen molar-refractivity contribution in [2.75, 3.05) is 33.2 Å². The number of likely N-dealkylation sites (N-methyl/N-ethyl adjacent to an activating group) is 1. The SMILES string of the molecule is C[C@@H](Sc1ccccc1)C(=O)N1CCN(C)CC1. The second kappa shape index (κ2) is 6.25. The average Bonchev–Trinajstić information content (AvgIpc) is 2.40. The van der Waals surface area contributed by atoms with E-state index in [-0.39, 0.29) is 11.2 Å². The van der Waals surface area contributed by atoms with Crippen molar-refractivity contribution in [3.05, 3.63) is 30.3 Å². The van der Waals surface area contributed by atoms with Gasteiger partial charge in [0.25, 0.3) is 0 Å². The Kier molecular flexibility index (Phi) is 4.66. The van der Waals surface area contributed by atoms with Crippen molar-refractivity contribution in [3.63, 3.8) is 0 Å². The number of thioether (sulfide) groups is 1. The zero-order chi connectivity index (χ0) is 13.0. The van der Waals surface area contributed by atoms with Gasteiger partial charge in [0.1, 0.15) is 0 Å². The largest absolute Gasteiger partial charge is 0.339 e. The molecule has 1 aromatic carbocycles. The standard InChI is InChI=1S/C14H20N2OS/c1-12(18-13-6-4-3-5-7-13)14(17)16-10-8-15(2)9-11-16/h3-7,12H,8-11H2,1-2H3/t12-/m1/s1. The van der Waals surface area contributed by atoms with Crippen LogP contribution in [-0.4, -0.2) is 54.2 Å². The highest BCUT2D eigenvalue weighted by Crippen LogP contribution is 2.24. The van der Waals surface area contributed by atoms with Crippen LogP contribution in [0.25, 0.3) is 0 Å². The molecule has 4 heteroatoms. The molecule has 1 aliphatic rings. The van der Waals surface area contributed by atoms with Gasteiger partial charge in [-0.1, -0.05) is 18.2 Å². The molecule has 0 saturated carbocycles. The predicted molar refractivity (Wildman–Crippen MR) is 75.8 cm³/mol. The van der Waals surface area contributed by atoms with Crippen molar-refractivity contribution in [1.82, 2.24) is 9.80 Å². The fraction of sp³-hybridized carbons (Fsp3) is 0.500. The van der Waals surface area contributed by atoms with E-state index >= 15 is 0 Å². The molecular weight excluding hydrogens is 244 g/mol. The Labute approximate surface area is 113 Å². The Morgan fingerprint density at radius 1 is 1.17 bits per heavy atom. The van der Waals surface area contributed by atoms with Crippen molar-refractivity contribution in [1.29, 1.82) is 0 Å². The molecule has 1 saturated heterocycles. The summed E-state index contributed by atoms with van der Waals surface area (Å²) >= 11 is 1.64. The lowest BCUT2D eigenvalue weighted by atomic mass is 10.3. The molecule has 0 bridgehead atoms. The Balaban J connectivity index is 1.89. The fourth-order valence-electron chi connectivity index (χ4n) is 2.04. The van der Waals surface area contributed by atoms with Crippen molar-refractivity contribution >= 4 is 17.7 Å². The lowest BCUT2D eigenvalue weighted by Crippen LogP contribution is -2.49. The molecule has 0 aromatic heterocycles. The van der Waals surface area contributed by atoms with Gasteiger partial charge in [-0.15, -0.1) is 11.8 Å². The van der Waals surface area contributed by atoms with E-state index < -0.39 is 0 Å². The normalized spacial score (nSPS) is 18.7. The molecule has 0 aliphatic carbocycles. The number of benzene rings is 1. The summed E-state index contributed by atoms with van der Waals surface area (Å²) in [6, 6.07) is 10.1. The number of piperazine rings is 1. The van der Waals surface area contributed by atoms with E-state index in [4.69, 9.17) is 0 Å². The number of hydrogen-bond acceptors (Lipinski definition) is 3. The summed E-state index contributed by atoms with van der Waals surface area (Å²) in [6.07, 6.45) is 0. The van der Waals surface area contributed by atoms with Crippen LogP contribution in [-0.2, 0) is 4.79 Å². The molecule has 98 valence electrons. The zero-order valence-corrected chi connectivity index (χ0v) is 11.8. The predicted octanol–water partition coefficient (Wildman–Crippen LogP) is 1.94. The van der Waals surface area contributed by atoms with Gasteiger partial charge in [-0.25, -0.2) is 0 Å². The van der Waals surface area contributed by atoms with Gasteiger partial charge >= 0.3 is 0 Å². The van der Waals surface area contributed by atoms with Crippen LogP contribution >= 0.6 is 11.8 Å². The maximum atomic E-state index is 12.3. The lowest BCUT2D eigenvalue weighted by Gasteiger charge is -2.33. The van der Waals surface area contributed by atoms with Gasteiger partial charge in [0, 0.05) is 31.1 Å². The first-order valence-electron chi connectivity index (χ1n) is 6.36. The van der Waals surface area contributed by atoms with Gasteiger partial charge in [-0.05, 0) is 26.1 Å². The van der Waals surface area contributed by atoms with E-state index in [0.29, 0.717) is 0 Å². The first-order valence-corrected chi connectivity index (χ1v) is 7.24. The Morgan fingerprint density at radius 3 is 2.39 bits per heavy atom. The van der Waals surface area contributed by atoms with Crippen LogP contribution in [0.1, 0.15) is 6.92 Å². The van der Waals surface area contributed by atoms with Crippen molar-refractivity contribution in [3.8, 4) is 0 Å². The highest BCUT2D eigenvalue weighted by molar-refractivity contribution is 8.00. The van der Waals surface area contributed by atoms with E-state index in [1.807, 2.05) is 30.0 Å². The summed E-state index contributed by atoms with van der Waals surface area (Å²) in [6.45, 7) is 5.67. The first kappa shape index (κ1) is 13.4. The quantitative estimate of drug-likeness (QED) is 0.780. The van der Waals surface area contributed by atoms with Gasteiger partial charge in [0.15, 0.2) is 0 Å². The van der Waals surface area contributed by atoms with E-state index in [1.165, 1.54) is 0 Å². The second-order valence-electron chi connectivity index (χ2n) is 4.70. The summed E-state index contributed by atoms with van der Waals surface area (Å²) in [5.74, 6) is 0.261. The maximum Gasteiger partial charge on any atom is 0.235 e. The Bertz CT molecular complexity index is 388. The highest BCUT2D eigenvalue weighted by atomic mass is 32.2. The van der Waals surface area contributed by atoms with Crippen LogP contribution in [0.2, 0.25) is 0 Å². The van der Waals surface area contributed by atoms with Crippen LogP contribution in [0.3, 0.4) is 0 Å². The molecule has 0 unspecified atom stereocenters. The summed E-state index contributed by atoms with van der Waals surface area (Å²) in [5.41, 5.74) is 0. The van der Waals surface area contributed by atoms with Gasteiger partial charge in [-0.3, -0.25) is 4.79 Å². The molecular formula is C14H20N2OS. The van der Waals surface area contributed by atoms with E-state index in [9.17, 15) is 4.79 Å². The summed E-state index contributed by atoms with van der Waals surface area (Å²) < 4.78 is 0. The number of nitrogens with zero attached hydrogens (tertiary/aromatic N) is 2. The van der Waals surface area contributed by atoms with Crippen LogP contribution < -0.4 is 0 Å². The number of amides is 1. The first-order chi connectivity index (χ1) is 8.66. The number of carbonyl (C=O) groups excluding carboxylic acids is 1. The van der Waals surface area contributed by atoms with Crippen molar-refractivity contribution < 1.29 is 4.79 Å². The number of rotatable bonds is 3. The van der Waals surface area contributed by atoms with Crippen molar-refractivity contribution in [2.24, 2.45) is 0 Å². The average molecular weight is 264 g/mol. The summed E-state index contributed by atoms with van der Waals surface area (Å²) in [5, 5.41) is -0.00388. The van der Waals surface area contributed by atoms with Gasteiger partial charge < -0.3 is 9.80 Å². The summed E-state index contributed by atoms with van der Waals surface area (Å²) in [4.78, 5) is 17.7. The van der Waals surface area contributed by atoms with Crippen LogP contribution in [0.5, 0.6) is 0 Å². The fourth-order valence-corrected chi connectivity index (χ4v) is 3.01. The Hall–Kier alpha value is -1.00. The van der Waals surface area contributed by atoms with Crippen LogP contribution in [0.15, 0.2) is 35.2 Å². The van der Waals surface area contributed by atoms with Gasteiger partial charge in [-0.2, -0.15) is 0 Å². The van der Waals surface area contributed by atoms with Crippen molar-refractivity contribution in [2.45, 2.75) is 17.1 Å². The molecule has 1 amide bonds. The third kappa shape index (κ3) is 3.50. The topological polar surface area (TPSA) is 23.6 Å². The summed E-state index contributed by atoms with van der Waals surface area (Å²) in [7, 11) is 2.10. The molecule has 1 heterocycles. The molecule has 0 spiro atoms. The molecule has 3 nitrogen and oxygen atoms in total. The van der Waals surface area contributed by atoms with Gasteiger partial charge in [0.2, 0.25) is 5.91 Å². The minimum Gasteiger partial charge on any atom is -0.339 e. The molecule has 1 aromatic rings. The van der Waals surface area contributed by atoms with E-state index in [1.54, 1.807) is 11.8 Å². The molecule has 0 radical (unpaired) electrons. The van der Waals surface area contributed by atoms with Gasteiger partial charge in [0.05, 0.1) is 5.25 Å². The monoisotopic (exact) mass is 264 g/mol. The smallest absolute Gasteiger partial charge is 0.235 e. The molecule has 1 atom stereocenters. The third-order valence-corrected chi connectivity index (χ3v) is 4.32. The molecule has 18 heavy (non-hydrogen) atoms. The minimum absolute atomic E-state index is 0.00388. The Morgan fingerprint density at radius 2 is 1.78 bits per heavy atom. The zero-order valence-electron chi connectivity index (χ0n) is 11.0. The highest BCUT2D eigenvalue weighted by Gasteiger charge is 2.24. The lowest BCUT2D eigenvalue weighted by molar-refractivity contribution is -0.131. The number of hydrogen-bond donors (Lipinski definition) is 0. The van der Waals surface area contributed by atoms with E-state index in [0.717, 1.165) is 31.1 Å².